The molecular formula is C19H22N2O5S. The van der Waals surface area contributed by atoms with Crippen LogP contribution in [0.5, 0.6) is 0 Å². The second kappa shape index (κ2) is 7.56. The van der Waals surface area contributed by atoms with Crippen molar-refractivity contribution in [3.05, 3.63) is 40.7 Å². The van der Waals surface area contributed by atoms with E-state index in [1.807, 2.05) is 0 Å². The molecule has 3 rings (SSSR count). The third-order valence-corrected chi connectivity index (χ3v) is 6.16. The molecule has 8 heteroatoms. The van der Waals surface area contributed by atoms with Crippen LogP contribution in [0.25, 0.3) is 0 Å². The fourth-order valence-electron chi connectivity index (χ4n) is 3.55. The van der Waals surface area contributed by atoms with Crippen LogP contribution in [0.3, 0.4) is 0 Å². The number of rotatable bonds is 5. The molecule has 2 amide bonds. The van der Waals surface area contributed by atoms with E-state index in [0.717, 1.165) is 29.7 Å². The normalized spacial score (nSPS) is 22.2. The van der Waals surface area contributed by atoms with Crippen LogP contribution in [0, 0.1) is 12.8 Å². The molecule has 1 saturated carbocycles. The SMILES string of the molecule is Cc1cc(NC(=O)c2ccco2)sc1C(=O)NC1(C)CCCCC1C(=O)O. The lowest BCUT2D eigenvalue weighted by molar-refractivity contribution is -0.145. The van der Waals surface area contributed by atoms with E-state index in [1.165, 1.54) is 6.26 Å². The fourth-order valence-corrected chi connectivity index (χ4v) is 4.51. The number of aliphatic carboxylic acids is 1. The van der Waals surface area contributed by atoms with Gasteiger partial charge in [0, 0.05) is 0 Å². The van der Waals surface area contributed by atoms with E-state index in [2.05, 4.69) is 10.6 Å². The van der Waals surface area contributed by atoms with E-state index in [1.54, 1.807) is 32.0 Å². The first-order valence-electron chi connectivity index (χ1n) is 8.81. The summed E-state index contributed by atoms with van der Waals surface area (Å²) < 4.78 is 5.06. The van der Waals surface area contributed by atoms with Crippen molar-refractivity contribution in [2.45, 2.75) is 45.1 Å². The molecule has 2 unspecified atom stereocenters. The Morgan fingerprint density at radius 2 is 2.07 bits per heavy atom. The zero-order valence-electron chi connectivity index (χ0n) is 15.2. The first-order valence-corrected chi connectivity index (χ1v) is 9.62. The standard InChI is InChI=1S/C19H22N2O5S/c1-11-10-14(20-16(22)13-7-5-9-26-13)27-15(11)17(23)21-19(2)8-4-3-6-12(19)18(24)25/h5,7,9-10,12H,3-4,6,8H2,1-2H3,(H,20,22)(H,21,23)(H,24,25). The predicted molar refractivity (Wildman–Crippen MR) is 101 cm³/mol. The average molecular weight is 390 g/mol. The van der Waals surface area contributed by atoms with E-state index >= 15 is 0 Å². The highest BCUT2D eigenvalue weighted by Crippen LogP contribution is 2.35. The van der Waals surface area contributed by atoms with Crippen molar-refractivity contribution < 1.29 is 23.9 Å². The number of anilines is 1. The molecule has 1 fully saturated rings. The number of hydrogen-bond donors (Lipinski definition) is 3. The van der Waals surface area contributed by atoms with Gasteiger partial charge >= 0.3 is 5.97 Å². The molecule has 2 atom stereocenters. The van der Waals surface area contributed by atoms with Gasteiger partial charge < -0.3 is 20.2 Å². The van der Waals surface area contributed by atoms with Gasteiger partial charge in [0.15, 0.2) is 5.76 Å². The molecule has 0 spiro atoms. The summed E-state index contributed by atoms with van der Waals surface area (Å²) in [4.78, 5) is 36.9. The summed E-state index contributed by atoms with van der Waals surface area (Å²) in [6.07, 6.45) is 4.33. The number of thiophene rings is 1. The van der Waals surface area contributed by atoms with Crippen LogP contribution < -0.4 is 10.6 Å². The zero-order valence-corrected chi connectivity index (χ0v) is 16.0. The maximum Gasteiger partial charge on any atom is 0.308 e. The Balaban J connectivity index is 1.74. The van der Waals surface area contributed by atoms with Gasteiger partial charge in [0.05, 0.1) is 27.6 Å². The van der Waals surface area contributed by atoms with Crippen LogP contribution in [0.1, 0.15) is 58.4 Å². The molecule has 27 heavy (non-hydrogen) atoms. The fraction of sp³-hybridized carbons (Fsp3) is 0.421. The van der Waals surface area contributed by atoms with Gasteiger partial charge in [-0.3, -0.25) is 14.4 Å². The second-order valence-corrected chi connectivity index (χ2v) is 8.11. The van der Waals surface area contributed by atoms with Gasteiger partial charge in [0.25, 0.3) is 11.8 Å². The number of furan rings is 1. The minimum atomic E-state index is -0.883. The Morgan fingerprint density at radius 1 is 1.30 bits per heavy atom. The molecule has 2 heterocycles. The van der Waals surface area contributed by atoms with Crippen molar-refractivity contribution in [3.63, 3.8) is 0 Å². The number of carboxylic acids is 1. The quantitative estimate of drug-likeness (QED) is 0.722. The molecule has 2 aromatic heterocycles. The van der Waals surface area contributed by atoms with Gasteiger partial charge in [0.2, 0.25) is 0 Å². The average Bonchev–Trinajstić information content (AvgIpc) is 3.24. The van der Waals surface area contributed by atoms with Crippen LogP contribution in [0.4, 0.5) is 5.00 Å². The van der Waals surface area contributed by atoms with E-state index in [4.69, 9.17) is 4.42 Å². The number of amides is 2. The molecule has 0 saturated heterocycles. The van der Waals surface area contributed by atoms with Crippen LogP contribution >= 0.6 is 11.3 Å². The summed E-state index contributed by atoms with van der Waals surface area (Å²) in [7, 11) is 0. The van der Waals surface area contributed by atoms with Crippen LogP contribution in [0.2, 0.25) is 0 Å². The predicted octanol–water partition coefficient (Wildman–Crippen LogP) is 3.67. The molecular weight excluding hydrogens is 368 g/mol. The maximum absolute atomic E-state index is 12.8. The molecule has 144 valence electrons. The van der Waals surface area contributed by atoms with Crippen molar-refractivity contribution in [1.82, 2.24) is 5.32 Å². The van der Waals surface area contributed by atoms with Crippen molar-refractivity contribution in [1.29, 1.82) is 0 Å². The van der Waals surface area contributed by atoms with Crippen molar-refractivity contribution in [2.75, 3.05) is 5.32 Å². The molecule has 3 N–H and O–H groups in total. The number of carbonyl (C=O) groups excluding carboxylic acids is 2. The lowest BCUT2D eigenvalue weighted by Crippen LogP contribution is -2.55. The Hall–Kier alpha value is -2.61. The topological polar surface area (TPSA) is 109 Å². The molecule has 0 bridgehead atoms. The lowest BCUT2D eigenvalue weighted by Gasteiger charge is -2.39. The summed E-state index contributed by atoms with van der Waals surface area (Å²) in [5.41, 5.74) is -0.0617. The highest BCUT2D eigenvalue weighted by molar-refractivity contribution is 7.18. The van der Waals surface area contributed by atoms with E-state index in [9.17, 15) is 19.5 Å². The third kappa shape index (κ3) is 4.05. The van der Waals surface area contributed by atoms with Crippen molar-refractivity contribution in [3.8, 4) is 0 Å². The molecule has 0 radical (unpaired) electrons. The van der Waals surface area contributed by atoms with Gasteiger partial charge in [-0.25, -0.2) is 0 Å². The summed E-state index contributed by atoms with van der Waals surface area (Å²) in [5, 5.41) is 15.7. The summed E-state index contributed by atoms with van der Waals surface area (Å²) >= 11 is 1.16. The van der Waals surface area contributed by atoms with Crippen molar-refractivity contribution >= 4 is 34.1 Å². The molecule has 2 aromatic rings. The number of aryl methyl sites for hydroxylation is 1. The number of carboxylic acid groups (broad SMARTS) is 1. The summed E-state index contributed by atoms with van der Waals surface area (Å²) in [6.45, 7) is 3.58. The smallest absolute Gasteiger partial charge is 0.308 e. The van der Waals surface area contributed by atoms with E-state index < -0.39 is 23.3 Å². The van der Waals surface area contributed by atoms with Crippen molar-refractivity contribution in [2.24, 2.45) is 5.92 Å². The Bertz CT molecular complexity index is 858. The first-order chi connectivity index (χ1) is 12.8. The third-order valence-electron chi connectivity index (χ3n) is 5.01. The van der Waals surface area contributed by atoms with Crippen LogP contribution in [-0.4, -0.2) is 28.4 Å². The molecule has 1 aliphatic carbocycles. The largest absolute Gasteiger partial charge is 0.481 e. The monoisotopic (exact) mass is 390 g/mol. The number of nitrogens with one attached hydrogen (secondary N) is 2. The van der Waals surface area contributed by atoms with Crippen LogP contribution in [0.15, 0.2) is 28.9 Å². The van der Waals surface area contributed by atoms with E-state index in [-0.39, 0.29) is 11.7 Å². The van der Waals surface area contributed by atoms with Crippen LogP contribution in [-0.2, 0) is 4.79 Å². The minimum Gasteiger partial charge on any atom is -0.481 e. The maximum atomic E-state index is 12.8. The highest BCUT2D eigenvalue weighted by atomic mass is 32.1. The number of hydrogen-bond acceptors (Lipinski definition) is 5. The van der Waals surface area contributed by atoms with Gasteiger partial charge in [-0.15, -0.1) is 11.3 Å². The summed E-state index contributed by atoms with van der Waals surface area (Å²) in [6, 6.07) is 4.90. The van der Waals surface area contributed by atoms with Gasteiger partial charge in [0.1, 0.15) is 0 Å². The van der Waals surface area contributed by atoms with Gasteiger partial charge in [-0.2, -0.15) is 0 Å². The Labute approximate surface area is 160 Å². The van der Waals surface area contributed by atoms with Gasteiger partial charge in [-0.05, 0) is 50.5 Å². The van der Waals surface area contributed by atoms with Gasteiger partial charge in [-0.1, -0.05) is 12.8 Å². The molecule has 1 aliphatic rings. The Kier molecular flexibility index (Phi) is 5.36. The second-order valence-electron chi connectivity index (χ2n) is 7.06. The first kappa shape index (κ1) is 19.2. The summed E-state index contributed by atoms with van der Waals surface area (Å²) in [5.74, 6) is -2.00. The number of carbonyl (C=O) groups is 3. The molecule has 7 nitrogen and oxygen atoms in total. The lowest BCUT2D eigenvalue weighted by atomic mass is 9.74. The minimum absolute atomic E-state index is 0.186. The van der Waals surface area contributed by atoms with E-state index in [0.29, 0.717) is 22.7 Å². The highest BCUT2D eigenvalue weighted by Gasteiger charge is 2.42. The zero-order chi connectivity index (χ0) is 19.6. The Morgan fingerprint density at radius 3 is 2.74 bits per heavy atom. The molecule has 0 aromatic carbocycles. The molecule has 0 aliphatic heterocycles.